The van der Waals surface area contributed by atoms with Gasteiger partial charge in [-0.05, 0) is 140 Å². The summed E-state index contributed by atoms with van der Waals surface area (Å²) in [7, 11) is 1.70. The summed E-state index contributed by atoms with van der Waals surface area (Å²) in [4.78, 5) is 92.5. The standard InChI is InChI=1S/C63H94F5N7O11S/c1-40(2)51(76)26-28-53(78)73-55(41(3)4)57(80)72-50(18-15-32-70-58(69)81)56(79)71-45-21-19-42(20-22-45)39-85-59(82)74(6)33-34-75(7)60(83)86-46-23-24-47-44(38-46)37-43(54-48(47)29-31-61(5)49(54)25-27-52(61)77)17-13-11-9-8-10-12-14-35-87(84)36-16-30-62(64,65)63(66,67)68/h19-24,38,40-41,43,48-50,52,54-55,77H,8-18,25-37,39H2,1-7H3,(H,71,79)(H,72,80)(H,73,78)(H3,69,70,81)/t43-,48?,49+,50+,52+,54-,55+,61+,87?/m1/s1. The number of alkyl halides is 5. The number of likely N-dealkylation sites (N-methyl/N-ethyl adjacent to an activating group) is 2. The van der Waals surface area contributed by atoms with Crippen LogP contribution in [0.2, 0.25) is 0 Å². The number of urea groups is 1. The minimum Gasteiger partial charge on any atom is -0.445 e. The molecule has 7 amide bonds. The highest BCUT2D eigenvalue weighted by Gasteiger charge is 2.57. The van der Waals surface area contributed by atoms with E-state index in [0.29, 0.717) is 52.8 Å². The van der Waals surface area contributed by atoms with E-state index in [2.05, 4.69) is 34.3 Å². The molecule has 2 unspecified atom stereocenters. The molecule has 0 bridgehead atoms. The van der Waals surface area contributed by atoms with Crippen LogP contribution >= 0.6 is 0 Å². The summed E-state index contributed by atoms with van der Waals surface area (Å²) in [6.45, 7) is 9.53. The number of carbonyl (C=O) groups is 7. The lowest BCUT2D eigenvalue weighted by Gasteiger charge is -2.53. The Morgan fingerprint density at radius 1 is 0.793 bits per heavy atom. The third kappa shape index (κ3) is 21.7. The van der Waals surface area contributed by atoms with Gasteiger partial charge in [-0.15, -0.1) is 0 Å². The number of fused-ring (bicyclic) bond motifs is 5. The fraction of sp³-hybridized carbons (Fsp3) is 0.698. The molecule has 18 nitrogen and oxygen atoms in total. The number of Topliss-reactive ketones (excluding diaryl/α,β-unsaturated/α-hetero) is 1. The molecule has 7 N–H and O–H groups in total. The van der Waals surface area contributed by atoms with Crippen LogP contribution in [0.25, 0.3) is 0 Å². The molecular formula is C63H94F5N7O11S. The largest absolute Gasteiger partial charge is 0.453 e. The maximum atomic E-state index is 13.6. The molecule has 0 aliphatic heterocycles. The summed E-state index contributed by atoms with van der Waals surface area (Å²) in [6.07, 6.45) is 3.38. The molecule has 2 fully saturated rings. The van der Waals surface area contributed by atoms with Crippen LogP contribution < -0.4 is 31.7 Å². The van der Waals surface area contributed by atoms with Gasteiger partial charge in [0.25, 0.3) is 0 Å². The number of unbranched alkanes of at least 4 members (excludes halogenated alkanes) is 6. The normalized spacial score (nSPS) is 20.9. The molecule has 87 heavy (non-hydrogen) atoms. The predicted octanol–water partition coefficient (Wildman–Crippen LogP) is 10.7. The van der Waals surface area contributed by atoms with E-state index >= 15 is 0 Å². The van der Waals surface area contributed by atoms with Crippen molar-refractivity contribution in [1.82, 2.24) is 25.8 Å². The highest BCUT2D eigenvalue weighted by atomic mass is 32.2. The van der Waals surface area contributed by atoms with Crippen molar-refractivity contribution in [3.63, 3.8) is 0 Å². The molecule has 2 saturated carbocycles. The van der Waals surface area contributed by atoms with Crippen molar-refractivity contribution >= 4 is 58.2 Å². The van der Waals surface area contributed by atoms with Gasteiger partial charge in [0.05, 0.1) is 6.10 Å². The van der Waals surface area contributed by atoms with E-state index < -0.39 is 83.8 Å². The number of ketones is 1. The molecule has 9 atom stereocenters. The van der Waals surface area contributed by atoms with Gasteiger partial charge in [-0.2, -0.15) is 22.0 Å². The Kier molecular flexibility index (Phi) is 27.8. The first-order chi connectivity index (χ1) is 41.0. The Balaban J connectivity index is 1.07. The number of anilines is 1. The number of rotatable bonds is 34. The van der Waals surface area contributed by atoms with Crippen LogP contribution in [0.1, 0.15) is 173 Å². The molecule has 5 rings (SSSR count). The number of aliphatic hydroxyl groups is 1. The first-order valence-corrected chi connectivity index (χ1v) is 32.5. The lowest BCUT2D eigenvalue weighted by atomic mass is 9.52. The van der Waals surface area contributed by atoms with Crippen molar-refractivity contribution < 1.29 is 74.3 Å². The Bertz CT molecular complexity index is 2650. The summed E-state index contributed by atoms with van der Waals surface area (Å²) >= 11 is 0. The van der Waals surface area contributed by atoms with E-state index in [4.69, 9.17) is 15.2 Å². The van der Waals surface area contributed by atoms with E-state index in [1.807, 2.05) is 12.1 Å². The molecule has 0 radical (unpaired) electrons. The molecule has 0 spiro atoms. The van der Waals surface area contributed by atoms with Crippen LogP contribution in [-0.2, 0) is 47.7 Å². The third-order valence-corrected chi connectivity index (χ3v) is 19.3. The molecule has 3 aliphatic rings. The van der Waals surface area contributed by atoms with Gasteiger partial charge in [-0.1, -0.05) is 91.3 Å². The average molecular weight is 1250 g/mol. The number of amides is 7. The highest BCUT2D eigenvalue weighted by Crippen LogP contribution is 2.63. The number of primary amides is 1. The smallest absolute Gasteiger partial charge is 0.445 e. The number of halogens is 5. The Labute approximate surface area is 511 Å². The van der Waals surface area contributed by atoms with Gasteiger partial charge < -0.3 is 51.4 Å². The van der Waals surface area contributed by atoms with Crippen LogP contribution in [0.15, 0.2) is 42.5 Å². The number of benzene rings is 2. The van der Waals surface area contributed by atoms with E-state index in [1.165, 1.54) is 15.4 Å². The SMILES string of the molecule is CC(C)C(=O)CCC(=O)N[C@H](C(=O)N[C@@H](CCCNC(N)=O)C(=O)Nc1ccc(COC(=O)N(C)CCN(C)C(=O)Oc2ccc3c(c2)C[C@@H](CCCCCCCCCS(=O)CCCC(F)(F)C(F)(F)F)[C@@H]2C3CC[C@]3(C)[C@@H](O)CC[C@@H]23)cc1)C(C)C. The highest BCUT2D eigenvalue weighted by molar-refractivity contribution is 7.84. The van der Waals surface area contributed by atoms with Crippen LogP contribution in [-0.4, -0.2) is 136 Å². The van der Waals surface area contributed by atoms with E-state index in [-0.39, 0.29) is 86.8 Å². The average Bonchev–Trinajstić information content (AvgIpc) is 1.77. The minimum atomic E-state index is -5.60. The molecule has 2 aromatic carbocycles. The van der Waals surface area contributed by atoms with Crippen molar-refractivity contribution in [2.75, 3.05) is 50.6 Å². The zero-order chi connectivity index (χ0) is 64.2. The molecule has 0 saturated heterocycles. The van der Waals surface area contributed by atoms with Gasteiger partial charge in [0.2, 0.25) is 17.7 Å². The van der Waals surface area contributed by atoms with Crippen molar-refractivity contribution in [3.8, 4) is 5.75 Å². The van der Waals surface area contributed by atoms with E-state index in [1.54, 1.807) is 66.1 Å². The van der Waals surface area contributed by atoms with Crippen molar-refractivity contribution in [1.29, 1.82) is 0 Å². The quantitative estimate of drug-likeness (QED) is 0.0284. The number of hydrogen-bond acceptors (Lipinski definition) is 11. The van der Waals surface area contributed by atoms with Gasteiger partial charge in [-0.25, -0.2) is 14.4 Å². The topological polar surface area (TPSA) is 256 Å². The van der Waals surface area contributed by atoms with Crippen molar-refractivity contribution in [2.45, 2.75) is 199 Å². The Morgan fingerprint density at radius 2 is 1.44 bits per heavy atom. The third-order valence-electron chi connectivity index (χ3n) is 17.8. The summed E-state index contributed by atoms with van der Waals surface area (Å²) in [6, 6.07) is 9.64. The lowest BCUT2D eigenvalue weighted by Crippen LogP contribution is -2.54. The van der Waals surface area contributed by atoms with Crippen molar-refractivity contribution in [3.05, 3.63) is 59.2 Å². The first kappa shape index (κ1) is 71.8. The van der Waals surface area contributed by atoms with Crippen LogP contribution in [0.5, 0.6) is 5.75 Å². The number of nitrogens with two attached hydrogens (primary N) is 1. The number of aliphatic hydroxyl groups excluding tert-OH is 1. The summed E-state index contributed by atoms with van der Waals surface area (Å²) in [5, 5.41) is 21.8. The van der Waals surface area contributed by atoms with Crippen LogP contribution in [0.4, 0.5) is 42.0 Å². The molecular weight excluding hydrogens is 1160 g/mol. The fourth-order valence-corrected chi connectivity index (χ4v) is 13.7. The maximum Gasteiger partial charge on any atom is 0.453 e. The minimum absolute atomic E-state index is 0.0321. The first-order valence-electron chi connectivity index (χ1n) is 31.0. The Morgan fingerprint density at radius 3 is 2.08 bits per heavy atom. The number of carbonyl (C=O) groups excluding carboxylic acids is 7. The van der Waals surface area contributed by atoms with Gasteiger partial charge in [-0.3, -0.25) is 23.4 Å². The number of nitrogens with zero attached hydrogens (tertiary/aromatic N) is 2. The zero-order valence-electron chi connectivity index (χ0n) is 51.7. The second-order valence-corrected chi connectivity index (χ2v) is 26.7. The number of nitrogens with one attached hydrogen (secondary N) is 4. The van der Waals surface area contributed by atoms with Gasteiger partial charge >= 0.3 is 30.3 Å². The number of hydrogen-bond donors (Lipinski definition) is 6. The summed E-state index contributed by atoms with van der Waals surface area (Å²) in [5.41, 5.74) is 8.51. The molecule has 3 aliphatic carbocycles. The molecule has 0 heterocycles. The van der Waals surface area contributed by atoms with Crippen molar-refractivity contribution in [2.24, 2.45) is 40.7 Å². The molecule has 24 heteroatoms. The summed E-state index contributed by atoms with van der Waals surface area (Å²) in [5.74, 6) is -4.98. The molecule has 0 aromatic heterocycles. The van der Waals surface area contributed by atoms with Gasteiger partial charge in [0.1, 0.15) is 30.2 Å². The van der Waals surface area contributed by atoms with E-state index in [0.717, 1.165) is 82.6 Å². The second kappa shape index (κ2) is 33.6. The zero-order valence-corrected chi connectivity index (χ0v) is 52.5. The maximum absolute atomic E-state index is 13.6. The predicted molar refractivity (Wildman–Crippen MR) is 322 cm³/mol. The fourth-order valence-electron chi connectivity index (χ4n) is 12.5. The van der Waals surface area contributed by atoms with Gasteiger partial charge in [0.15, 0.2) is 0 Å². The van der Waals surface area contributed by atoms with E-state index in [9.17, 15) is 64.8 Å². The van der Waals surface area contributed by atoms with Crippen LogP contribution in [0.3, 0.4) is 0 Å². The monoisotopic (exact) mass is 1250 g/mol. The lowest BCUT2D eigenvalue weighted by molar-refractivity contribution is -0.284. The van der Waals surface area contributed by atoms with Crippen LogP contribution in [0, 0.1) is 35.0 Å². The number of ether oxygens (including phenoxy) is 2. The Hall–Kier alpha value is -5.91. The summed E-state index contributed by atoms with van der Waals surface area (Å²) < 4.78 is 87.4. The molecule has 2 aromatic rings. The second-order valence-electron chi connectivity index (χ2n) is 25.0. The molecule has 488 valence electrons. The van der Waals surface area contributed by atoms with Gasteiger partial charge in [0, 0.05) is 86.9 Å².